The lowest BCUT2D eigenvalue weighted by Crippen LogP contribution is -1.93. The van der Waals surface area contributed by atoms with E-state index < -0.39 is 7.60 Å². The Hall–Kier alpha value is 0.0200. The topological polar surface area (TPSA) is 35.5 Å². The lowest BCUT2D eigenvalue weighted by atomic mass is 10.9. The van der Waals surface area contributed by atoms with Crippen molar-refractivity contribution in [2.45, 2.75) is 0 Å². The molecule has 1 atom stereocenters. The number of hydrogen-bond donors (Lipinski definition) is 0. The van der Waals surface area contributed by atoms with Crippen molar-refractivity contribution in [3.05, 3.63) is 12.8 Å². The van der Waals surface area contributed by atoms with Crippen LogP contribution in [0, 0.1) is 0 Å². The average Bonchev–Trinajstić information content (AvgIpc) is 1.84. The molecule has 0 rings (SSSR count). The zero-order valence-electron chi connectivity index (χ0n) is 5.75. The molecule has 0 aromatic carbocycles. The fraction of sp³-hybridized carbons (Fsp3) is 0.600. The van der Waals surface area contributed by atoms with Gasteiger partial charge in [-0.05, 0) is 0 Å². The molecular formula is C5H10ClO3P. The predicted molar refractivity (Wildman–Crippen MR) is 41.5 cm³/mol. The molecule has 0 aromatic rings. The van der Waals surface area contributed by atoms with E-state index in [0.29, 0.717) is 5.88 Å². The normalized spacial score (nSPS) is 15.8. The summed E-state index contributed by atoms with van der Waals surface area (Å²) in [4.78, 5) is 0. The molecule has 0 N–H and O–H groups in total. The third kappa shape index (κ3) is 4.86. The third-order valence-corrected chi connectivity index (χ3v) is 2.01. The van der Waals surface area contributed by atoms with E-state index in [1.165, 1.54) is 6.66 Å². The highest BCUT2D eigenvalue weighted by Gasteiger charge is 2.14. The fourth-order valence-corrected chi connectivity index (χ4v) is 1.31. The molecule has 0 spiro atoms. The summed E-state index contributed by atoms with van der Waals surface area (Å²) in [5.41, 5.74) is 0. The Morgan fingerprint density at radius 3 is 2.80 bits per heavy atom. The molecule has 60 valence electrons. The molecule has 0 radical (unpaired) electrons. The van der Waals surface area contributed by atoms with E-state index in [4.69, 9.17) is 16.1 Å². The van der Waals surface area contributed by atoms with Gasteiger partial charge in [0.1, 0.15) is 0 Å². The van der Waals surface area contributed by atoms with Crippen molar-refractivity contribution >= 4 is 19.2 Å². The Morgan fingerprint density at radius 2 is 2.40 bits per heavy atom. The minimum absolute atomic E-state index is 0.225. The van der Waals surface area contributed by atoms with Crippen LogP contribution < -0.4 is 0 Å². The third-order valence-electron chi connectivity index (χ3n) is 0.669. The van der Waals surface area contributed by atoms with Gasteiger partial charge in [0, 0.05) is 12.5 Å². The highest BCUT2D eigenvalue weighted by molar-refractivity contribution is 7.53. The van der Waals surface area contributed by atoms with Crippen LogP contribution in [-0.2, 0) is 13.6 Å². The van der Waals surface area contributed by atoms with Gasteiger partial charge in [0.15, 0.2) is 0 Å². The Bertz CT molecular complexity index is 148. The summed E-state index contributed by atoms with van der Waals surface area (Å²) in [6, 6.07) is 0. The van der Waals surface area contributed by atoms with E-state index >= 15 is 0 Å². The maximum absolute atomic E-state index is 11.0. The van der Waals surface area contributed by atoms with Crippen LogP contribution in [0.5, 0.6) is 0 Å². The van der Waals surface area contributed by atoms with E-state index in [-0.39, 0.29) is 6.61 Å². The molecule has 0 aliphatic rings. The summed E-state index contributed by atoms with van der Waals surface area (Å²) in [7, 11) is -2.91. The van der Waals surface area contributed by atoms with Crippen molar-refractivity contribution in [3.63, 3.8) is 0 Å². The van der Waals surface area contributed by atoms with Crippen molar-refractivity contribution < 1.29 is 13.6 Å². The highest BCUT2D eigenvalue weighted by Crippen LogP contribution is 2.43. The molecule has 10 heavy (non-hydrogen) atoms. The molecule has 0 aliphatic heterocycles. The predicted octanol–water partition coefficient (Wildman–Crippen LogP) is 2.22. The van der Waals surface area contributed by atoms with E-state index in [2.05, 4.69) is 11.1 Å². The first-order valence-electron chi connectivity index (χ1n) is 2.69. The summed E-state index contributed by atoms with van der Waals surface area (Å²) in [5.74, 6) is 0.304. The standard InChI is InChI=1S/C5H10ClO3P/c1-3-8-10(2,7)9-5-4-6/h3H,1,4-5H2,2H3. The lowest BCUT2D eigenvalue weighted by molar-refractivity contribution is 0.269. The number of rotatable bonds is 5. The first-order chi connectivity index (χ1) is 4.62. The Morgan fingerprint density at radius 1 is 1.80 bits per heavy atom. The van der Waals surface area contributed by atoms with Gasteiger partial charge < -0.3 is 4.52 Å². The van der Waals surface area contributed by atoms with Gasteiger partial charge in [-0.1, -0.05) is 6.58 Å². The first-order valence-corrected chi connectivity index (χ1v) is 5.22. The molecule has 0 aliphatic carbocycles. The van der Waals surface area contributed by atoms with Gasteiger partial charge in [-0.3, -0.25) is 4.52 Å². The van der Waals surface area contributed by atoms with Crippen molar-refractivity contribution in [2.24, 2.45) is 0 Å². The van der Waals surface area contributed by atoms with Crippen LogP contribution in [0.2, 0.25) is 0 Å². The summed E-state index contributed by atoms with van der Waals surface area (Å²) in [6.07, 6.45) is 1.09. The zero-order chi connectivity index (χ0) is 8.04. The smallest absolute Gasteiger partial charge is 0.375 e. The number of hydrogen-bond acceptors (Lipinski definition) is 3. The second kappa shape index (κ2) is 4.78. The molecule has 5 heteroatoms. The number of alkyl halides is 1. The van der Waals surface area contributed by atoms with Crippen molar-refractivity contribution in [2.75, 3.05) is 19.2 Å². The lowest BCUT2D eigenvalue weighted by Gasteiger charge is -2.10. The minimum atomic E-state index is -2.91. The maximum Gasteiger partial charge on any atom is 0.375 e. The molecule has 1 unspecified atom stereocenters. The summed E-state index contributed by atoms with van der Waals surface area (Å²) >= 11 is 5.28. The van der Waals surface area contributed by atoms with Crippen LogP contribution in [-0.4, -0.2) is 19.2 Å². The molecule has 0 saturated carbocycles. The van der Waals surface area contributed by atoms with Gasteiger partial charge in [0.2, 0.25) is 0 Å². The molecule has 3 nitrogen and oxygen atoms in total. The second-order valence-electron chi connectivity index (χ2n) is 1.57. The van der Waals surface area contributed by atoms with Gasteiger partial charge in [-0.2, -0.15) is 0 Å². The molecule has 0 amide bonds. The highest BCUT2D eigenvalue weighted by atomic mass is 35.5. The van der Waals surface area contributed by atoms with Gasteiger partial charge in [-0.15, -0.1) is 11.6 Å². The Balaban J connectivity index is 3.63. The fourth-order valence-electron chi connectivity index (χ4n) is 0.366. The van der Waals surface area contributed by atoms with Crippen LogP contribution >= 0.6 is 19.2 Å². The Kier molecular flexibility index (Phi) is 4.79. The van der Waals surface area contributed by atoms with Crippen LogP contribution in [0.1, 0.15) is 0 Å². The monoisotopic (exact) mass is 184 g/mol. The van der Waals surface area contributed by atoms with E-state index in [1.807, 2.05) is 0 Å². The van der Waals surface area contributed by atoms with Crippen molar-refractivity contribution in [3.8, 4) is 0 Å². The van der Waals surface area contributed by atoms with Gasteiger partial charge in [-0.25, -0.2) is 4.57 Å². The molecule has 0 heterocycles. The largest absolute Gasteiger partial charge is 0.433 e. The van der Waals surface area contributed by atoms with Crippen molar-refractivity contribution in [1.82, 2.24) is 0 Å². The maximum atomic E-state index is 11.0. The average molecular weight is 185 g/mol. The van der Waals surface area contributed by atoms with Gasteiger partial charge in [0.05, 0.1) is 12.9 Å². The minimum Gasteiger partial charge on any atom is -0.433 e. The summed E-state index contributed by atoms with van der Waals surface area (Å²) in [5, 5.41) is 0. The van der Waals surface area contributed by atoms with E-state index in [0.717, 1.165) is 6.26 Å². The molecule has 0 bridgehead atoms. The molecule has 0 aromatic heterocycles. The summed E-state index contributed by atoms with van der Waals surface area (Å²) in [6.45, 7) is 4.83. The van der Waals surface area contributed by atoms with E-state index in [9.17, 15) is 4.57 Å². The van der Waals surface area contributed by atoms with Crippen LogP contribution in [0.15, 0.2) is 12.8 Å². The summed E-state index contributed by atoms with van der Waals surface area (Å²) < 4.78 is 20.3. The van der Waals surface area contributed by atoms with Crippen LogP contribution in [0.4, 0.5) is 0 Å². The molecule has 0 saturated heterocycles. The van der Waals surface area contributed by atoms with E-state index in [1.54, 1.807) is 0 Å². The molecular weight excluding hydrogens is 174 g/mol. The zero-order valence-corrected chi connectivity index (χ0v) is 7.40. The second-order valence-corrected chi connectivity index (χ2v) is 3.96. The first kappa shape index (κ1) is 10.0. The number of halogens is 1. The van der Waals surface area contributed by atoms with Gasteiger partial charge in [0.25, 0.3) is 0 Å². The van der Waals surface area contributed by atoms with Crippen molar-refractivity contribution in [1.29, 1.82) is 0 Å². The van der Waals surface area contributed by atoms with Gasteiger partial charge >= 0.3 is 7.60 Å². The van der Waals surface area contributed by atoms with Crippen LogP contribution in [0.25, 0.3) is 0 Å². The molecule has 0 fully saturated rings. The Labute approximate surface area is 65.5 Å². The quantitative estimate of drug-likeness (QED) is 0.373. The SMILES string of the molecule is C=COP(C)(=O)OCCCl. The van der Waals surface area contributed by atoms with Crippen LogP contribution in [0.3, 0.4) is 0 Å².